The van der Waals surface area contributed by atoms with Gasteiger partial charge in [-0.25, -0.2) is 14.1 Å². The smallest absolute Gasteiger partial charge is 0.297 e. The minimum atomic E-state index is -0.318. The SMILES string of the molecule is Cc1nc(C(=O)N2CCC(C)c3ccccc32)nn1-c1ccc(F)cc1. The summed E-state index contributed by atoms with van der Waals surface area (Å²) in [6.45, 7) is 4.59. The molecule has 1 aliphatic rings. The van der Waals surface area contributed by atoms with E-state index in [1.165, 1.54) is 17.7 Å². The highest BCUT2D eigenvalue weighted by atomic mass is 19.1. The first-order valence-electron chi connectivity index (χ1n) is 8.65. The first-order chi connectivity index (χ1) is 12.5. The van der Waals surface area contributed by atoms with E-state index in [1.54, 1.807) is 28.6 Å². The fourth-order valence-electron chi connectivity index (χ4n) is 3.39. The second-order valence-corrected chi connectivity index (χ2v) is 6.58. The van der Waals surface area contributed by atoms with Gasteiger partial charge in [0.1, 0.15) is 11.6 Å². The highest BCUT2D eigenvalue weighted by Crippen LogP contribution is 2.35. The van der Waals surface area contributed by atoms with Gasteiger partial charge in [0.2, 0.25) is 5.82 Å². The van der Waals surface area contributed by atoms with Crippen LogP contribution < -0.4 is 4.90 Å². The number of hydrogen-bond donors (Lipinski definition) is 0. The first kappa shape index (κ1) is 16.4. The number of halogens is 1. The molecule has 6 heteroatoms. The van der Waals surface area contributed by atoms with Crippen LogP contribution in [0.25, 0.3) is 5.69 Å². The van der Waals surface area contributed by atoms with Crippen LogP contribution in [0.15, 0.2) is 48.5 Å². The number of aryl methyl sites for hydroxylation is 1. The molecule has 3 aromatic rings. The van der Waals surface area contributed by atoms with Gasteiger partial charge >= 0.3 is 0 Å². The molecule has 2 heterocycles. The highest BCUT2D eigenvalue weighted by Gasteiger charge is 2.29. The van der Waals surface area contributed by atoms with Gasteiger partial charge in [-0.3, -0.25) is 4.79 Å². The second kappa shape index (κ2) is 6.37. The van der Waals surface area contributed by atoms with E-state index in [4.69, 9.17) is 0 Å². The van der Waals surface area contributed by atoms with Gasteiger partial charge in [-0.05, 0) is 55.2 Å². The van der Waals surface area contributed by atoms with Gasteiger partial charge in [0.15, 0.2) is 0 Å². The molecular formula is C20H19FN4O. The molecule has 0 fully saturated rings. The fraction of sp³-hybridized carbons (Fsp3) is 0.250. The van der Waals surface area contributed by atoms with E-state index in [2.05, 4.69) is 23.1 Å². The molecule has 4 rings (SSSR count). The molecule has 0 bridgehead atoms. The van der Waals surface area contributed by atoms with Crippen LogP contribution in [0.1, 0.15) is 41.3 Å². The van der Waals surface area contributed by atoms with Crippen molar-refractivity contribution in [3.8, 4) is 5.69 Å². The van der Waals surface area contributed by atoms with Crippen LogP contribution in [-0.2, 0) is 0 Å². The Morgan fingerprint density at radius 3 is 2.65 bits per heavy atom. The molecule has 26 heavy (non-hydrogen) atoms. The second-order valence-electron chi connectivity index (χ2n) is 6.58. The van der Waals surface area contributed by atoms with Gasteiger partial charge in [-0.15, -0.1) is 5.10 Å². The summed E-state index contributed by atoms with van der Waals surface area (Å²) in [6.07, 6.45) is 0.903. The van der Waals surface area contributed by atoms with Gasteiger partial charge < -0.3 is 4.90 Å². The Labute approximate surface area is 151 Å². The van der Waals surface area contributed by atoms with E-state index in [-0.39, 0.29) is 17.5 Å². The van der Waals surface area contributed by atoms with Crippen molar-refractivity contribution in [1.29, 1.82) is 0 Å². The van der Waals surface area contributed by atoms with E-state index in [0.717, 1.165) is 12.1 Å². The summed E-state index contributed by atoms with van der Waals surface area (Å²) in [4.78, 5) is 19.1. The third-order valence-electron chi connectivity index (χ3n) is 4.82. The molecule has 132 valence electrons. The Balaban J connectivity index is 1.69. The number of rotatable bonds is 2. The number of hydrogen-bond acceptors (Lipinski definition) is 3. The molecule has 1 unspecified atom stereocenters. The van der Waals surface area contributed by atoms with Crippen LogP contribution in [0.2, 0.25) is 0 Å². The van der Waals surface area contributed by atoms with Crippen LogP contribution in [0.3, 0.4) is 0 Å². The van der Waals surface area contributed by atoms with Crippen molar-refractivity contribution in [2.75, 3.05) is 11.4 Å². The van der Waals surface area contributed by atoms with Gasteiger partial charge in [0.25, 0.3) is 5.91 Å². The minimum absolute atomic E-state index is 0.149. The highest BCUT2D eigenvalue weighted by molar-refractivity contribution is 6.04. The standard InChI is InChI=1S/C20H19FN4O/c1-13-11-12-24(18-6-4-3-5-17(13)18)20(26)19-22-14(2)25(23-19)16-9-7-15(21)8-10-16/h3-10,13H,11-12H2,1-2H3. The number of aromatic nitrogens is 3. The van der Waals surface area contributed by atoms with Gasteiger partial charge in [-0.2, -0.15) is 0 Å². The normalized spacial score (nSPS) is 16.4. The lowest BCUT2D eigenvalue weighted by Crippen LogP contribution is -2.37. The maximum Gasteiger partial charge on any atom is 0.297 e. The van der Waals surface area contributed by atoms with Crippen LogP contribution in [0, 0.1) is 12.7 Å². The zero-order valence-corrected chi connectivity index (χ0v) is 14.7. The summed E-state index contributed by atoms with van der Waals surface area (Å²) < 4.78 is 14.7. The van der Waals surface area contributed by atoms with Gasteiger partial charge in [0.05, 0.1) is 5.69 Å². The van der Waals surface area contributed by atoms with E-state index in [1.807, 2.05) is 18.2 Å². The van der Waals surface area contributed by atoms with Crippen molar-refractivity contribution >= 4 is 11.6 Å². The summed E-state index contributed by atoms with van der Waals surface area (Å²) >= 11 is 0. The topological polar surface area (TPSA) is 51.0 Å². The van der Waals surface area contributed by atoms with E-state index < -0.39 is 0 Å². The first-order valence-corrected chi connectivity index (χ1v) is 8.65. The number of amides is 1. The predicted octanol–water partition coefficient (Wildman–Crippen LogP) is 3.87. The van der Waals surface area contributed by atoms with E-state index >= 15 is 0 Å². The molecule has 0 saturated carbocycles. The molecule has 0 aliphatic carbocycles. The molecule has 2 aromatic carbocycles. The summed E-state index contributed by atoms with van der Waals surface area (Å²) in [7, 11) is 0. The molecule has 5 nitrogen and oxygen atoms in total. The predicted molar refractivity (Wildman–Crippen MR) is 97.2 cm³/mol. The Bertz CT molecular complexity index is 964. The Morgan fingerprint density at radius 2 is 1.88 bits per heavy atom. The average Bonchev–Trinajstić information content (AvgIpc) is 3.04. The summed E-state index contributed by atoms with van der Waals surface area (Å²) in [6, 6.07) is 13.9. The number of benzene rings is 2. The van der Waals surface area contributed by atoms with Gasteiger partial charge in [-0.1, -0.05) is 25.1 Å². The monoisotopic (exact) mass is 350 g/mol. The number of fused-ring (bicyclic) bond motifs is 1. The minimum Gasteiger partial charge on any atom is -0.305 e. The van der Waals surface area contributed by atoms with Crippen LogP contribution in [-0.4, -0.2) is 27.2 Å². The van der Waals surface area contributed by atoms with Crippen molar-refractivity contribution in [1.82, 2.24) is 14.8 Å². The average molecular weight is 350 g/mol. The maximum absolute atomic E-state index is 13.1. The molecule has 1 aliphatic heterocycles. The van der Waals surface area contributed by atoms with Gasteiger partial charge in [0, 0.05) is 12.2 Å². The quantitative estimate of drug-likeness (QED) is 0.705. The van der Waals surface area contributed by atoms with Crippen LogP contribution >= 0.6 is 0 Å². The van der Waals surface area contributed by atoms with Crippen molar-refractivity contribution in [2.24, 2.45) is 0 Å². The lowest BCUT2D eigenvalue weighted by molar-refractivity contribution is 0.0974. The molecule has 1 aromatic heterocycles. The Morgan fingerprint density at radius 1 is 1.15 bits per heavy atom. The summed E-state index contributed by atoms with van der Waals surface area (Å²) in [5.74, 6) is 0.617. The largest absolute Gasteiger partial charge is 0.305 e. The summed E-state index contributed by atoms with van der Waals surface area (Å²) in [5, 5.41) is 4.37. The Hall–Kier alpha value is -3.02. The van der Waals surface area contributed by atoms with E-state index in [0.29, 0.717) is 24.0 Å². The molecular weight excluding hydrogens is 331 g/mol. The number of anilines is 1. The third-order valence-corrected chi connectivity index (χ3v) is 4.82. The molecule has 1 atom stereocenters. The van der Waals surface area contributed by atoms with Crippen molar-refractivity contribution in [3.05, 3.63) is 71.6 Å². The van der Waals surface area contributed by atoms with Crippen LogP contribution in [0.4, 0.5) is 10.1 Å². The number of carbonyl (C=O) groups excluding carboxylic acids is 1. The Kier molecular flexibility index (Phi) is 4.03. The number of para-hydroxylation sites is 1. The molecule has 0 saturated heterocycles. The fourth-order valence-corrected chi connectivity index (χ4v) is 3.39. The molecule has 0 spiro atoms. The van der Waals surface area contributed by atoms with Crippen molar-refractivity contribution in [2.45, 2.75) is 26.2 Å². The zero-order valence-electron chi connectivity index (χ0n) is 14.7. The third kappa shape index (κ3) is 2.77. The lowest BCUT2D eigenvalue weighted by Gasteiger charge is -2.32. The van der Waals surface area contributed by atoms with Crippen molar-refractivity contribution < 1.29 is 9.18 Å². The zero-order chi connectivity index (χ0) is 18.3. The van der Waals surface area contributed by atoms with Crippen LogP contribution in [0.5, 0.6) is 0 Å². The number of carbonyl (C=O) groups is 1. The maximum atomic E-state index is 13.1. The molecule has 0 radical (unpaired) electrons. The van der Waals surface area contributed by atoms with E-state index in [9.17, 15) is 9.18 Å². The molecule has 1 amide bonds. The lowest BCUT2D eigenvalue weighted by atomic mass is 9.91. The molecule has 0 N–H and O–H groups in total. The van der Waals surface area contributed by atoms with Crippen molar-refractivity contribution in [3.63, 3.8) is 0 Å². The summed E-state index contributed by atoms with van der Waals surface area (Å²) in [5.41, 5.74) is 2.76. The number of nitrogens with zero attached hydrogens (tertiary/aromatic N) is 4.